The molecule has 234 valence electrons. The Balaban J connectivity index is 1.57. The largest absolute Gasteiger partial charge is 0.447 e. The van der Waals surface area contributed by atoms with Gasteiger partial charge in [0.05, 0.1) is 47.7 Å². The molecular weight excluding hydrogens is 580 g/mol. The maximum atomic E-state index is 13.3. The minimum Gasteiger partial charge on any atom is -0.447 e. The van der Waals surface area contributed by atoms with E-state index in [1.54, 1.807) is 23.6 Å². The summed E-state index contributed by atoms with van der Waals surface area (Å²) in [5, 5.41) is 3.80. The van der Waals surface area contributed by atoms with Crippen LogP contribution in [0.5, 0.6) is 0 Å². The molecule has 11 heteroatoms. The zero-order valence-corrected chi connectivity index (χ0v) is 27.0. The molecule has 1 N–H and O–H groups in total. The molecule has 10 nitrogen and oxygen atoms in total. The normalized spacial score (nSPS) is 17.8. The molecule has 1 aromatic carbocycles. The van der Waals surface area contributed by atoms with Crippen LogP contribution in [0.1, 0.15) is 74.8 Å². The molecule has 1 saturated heterocycles. The van der Waals surface area contributed by atoms with Crippen LogP contribution in [0.3, 0.4) is 0 Å². The van der Waals surface area contributed by atoms with Crippen LogP contribution in [-0.4, -0.2) is 80.8 Å². The zero-order valence-electron chi connectivity index (χ0n) is 26.2. The third kappa shape index (κ3) is 7.14. The van der Waals surface area contributed by atoms with Crippen LogP contribution in [-0.2, 0) is 21.3 Å². The van der Waals surface area contributed by atoms with Crippen LogP contribution in [0.2, 0.25) is 5.02 Å². The van der Waals surface area contributed by atoms with Gasteiger partial charge in [-0.05, 0) is 81.2 Å². The second kappa shape index (κ2) is 13.1. The number of piperazine rings is 1. The number of carbonyl (C=O) groups excluding carboxylic acids is 2. The lowest BCUT2D eigenvalue weighted by atomic mass is 9.89. The molecule has 1 aliphatic carbocycles. The Morgan fingerprint density at radius 2 is 1.89 bits per heavy atom. The number of amides is 2. The summed E-state index contributed by atoms with van der Waals surface area (Å²) < 4.78 is 13.2. The van der Waals surface area contributed by atoms with Crippen LogP contribution < -0.4 is 5.32 Å². The highest BCUT2D eigenvalue weighted by molar-refractivity contribution is 6.30. The summed E-state index contributed by atoms with van der Waals surface area (Å²) in [6.07, 6.45) is 6.92. The van der Waals surface area contributed by atoms with Crippen molar-refractivity contribution in [3.05, 3.63) is 82.2 Å². The van der Waals surface area contributed by atoms with E-state index < -0.39 is 11.6 Å². The van der Waals surface area contributed by atoms with E-state index in [0.29, 0.717) is 31.2 Å². The number of aryl methyl sites for hydroxylation is 1. The number of benzene rings is 1. The molecule has 1 aliphatic heterocycles. The van der Waals surface area contributed by atoms with Crippen molar-refractivity contribution in [1.29, 1.82) is 0 Å². The number of ether oxygens (including phenoxy) is 2. The van der Waals surface area contributed by atoms with E-state index in [4.69, 9.17) is 26.1 Å². The highest BCUT2D eigenvalue weighted by Gasteiger charge is 2.36. The zero-order chi connectivity index (χ0) is 31.6. The summed E-state index contributed by atoms with van der Waals surface area (Å²) >= 11 is 6.66. The van der Waals surface area contributed by atoms with Gasteiger partial charge < -0.3 is 24.3 Å². The highest BCUT2D eigenvalue weighted by Crippen LogP contribution is 2.44. The number of carbonyl (C=O) groups is 2. The molecule has 2 aromatic heterocycles. The van der Waals surface area contributed by atoms with Crippen molar-refractivity contribution >= 4 is 35.3 Å². The Kier molecular flexibility index (Phi) is 9.43. The molecule has 44 heavy (non-hydrogen) atoms. The molecule has 0 saturated carbocycles. The van der Waals surface area contributed by atoms with Gasteiger partial charge in [0, 0.05) is 44.4 Å². The summed E-state index contributed by atoms with van der Waals surface area (Å²) in [6, 6.07) is 9.10. The number of imidazole rings is 1. The topological polar surface area (TPSA) is 102 Å². The van der Waals surface area contributed by atoms with E-state index in [1.807, 2.05) is 76.6 Å². The average Bonchev–Trinajstić information content (AvgIpc) is 3.34. The Morgan fingerprint density at radius 1 is 1.14 bits per heavy atom. The van der Waals surface area contributed by atoms with Gasteiger partial charge in [-0.1, -0.05) is 23.7 Å². The first kappa shape index (κ1) is 31.7. The first-order valence-electron chi connectivity index (χ1n) is 15.0. The Hall–Kier alpha value is -3.73. The highest BCUT2D eigenvalue weighted by atomic mass is 35.5. The van der Waals surface area contributed by atoms with Crippen LogP contribution >= 0.6 is 11.6 Å². The molecule has 0 spiro atoms. The van der Waals surface area contributed by atoms with Crippen molar-refractivity contribution in [2.75, 3.05) is 32.8 Å². The number of aromatic nitrogens is 3. The van der Waals surface area contributed by atoms with Crippen molar-refractivity contribution in [3.63, 3.8) is 0 Å². The van der Waals surface area contributed by atoms with Gasteiger partial charge in [0.15, 0.2) is 0 Å². The summed E-state index contributed by atoms with van der Waals surface area (Å²) in [4.78, 5) is 39.3. The summed E-state index contributed by atoms with van der Waals surface area (Å²) in [6.45, 7) is 11.7. The molecule has 0 bridgehead atoms. The second-order valence-electron chi connectivity index (χ2n) is 12.5. The van der Waals surface area contributed by atoms with Crippen molar-refractivity contribution in [2.45, 2.75) is 58.4 Å². The fraction of sp³-hybridized carbons (Fsp3) is 0.455. The van der Waals surface area contributed by atoms with E-state index in [9.17, 15) is 9.59 Å². The third-order valence-corrected chi connectivity index (χ3v) is 7.97. The number of hydrogen-bond donors (Lipinski definition) is 1. The molecule has 0 radical (unpaired) electrons. The smallest absolute Gasteiger partial charge is 0.410 e. The van der Waals surface area contributed by atoms with Crippen molar-refractivity contribution in [1.82, 2.24) is 29.7 Å². The monoisotopic (exact) mass is 620 g/mol. The lowest BCUT2D eigenvalue weighted by Crippen LogP contribution is -2.50. The number of rotatable bonds is 7. The van der Waals surface area contributed by atoms with Gasteiger partial charge in [0.1, 0.15) is 6.61 Å². The van der Waals surface area contributed by atoms with Gasteiger partial charge in [0.25, 0.3) is 0 Å². The molecule has 5 rings (SSSR count). The minimum atomic E-state index is -0.551. The molecule has 3 heterocycles. The van der Waals surface area contributed by atoms with E-state index in [-0.39, 0.29) is 30.8 Å². The van der Waals surface area contributed by atoms with E-state index >= 15 is 0 Å². The minimum absolute atomic E-state index is 0.0855. The second-order valence-corrected chi connectivity index (χ2v) is 12.9. The lowest BCUT2D eigenvalue weighted by molar-refractivity contribution is -0.131. The summed E-state index contributed by atoms with van der Waals surface area (Å²) in [5.41, 5.74) is 4.98. The molecule has 3 aromatic rings. The number of pyridine rings is 1. The van der Waals surface area contributed by atoms with E-state index in [0.717, 1.165) is 33.7 Å². The first-order chi connectivity index (χ1) is 20.9. The molecular formula is C33H41ClN6O4. The SMILES string of the molecule is CC(C)OC(=O)N1CCN(C2c3ccc(Cl)cc3C(C(NC(=O)COC(C)(C)C)c3cncn3C)=Cc3cccnc32)CC1. The predicted octanol–water partition coefficient (Wildman–Crippen LogP) is 5.25. The molecule has 2 aliphatic rings. The number of nitrogens with zero attached hydrogens (tertiary/aromatic N) is 5. The first-order valence-corrected chi connectivity index (χ1v) is 15.3. The number of fused-ring (bicyclic) bond motifs is 2. The van der Waals surface area contributed by atoms with Crippen LogP contribution in [0.4, 0.5) is 4.79 Å². The standard InChI is InChI=1S/C33H41ClN6O4/c1-21(2)44-32(42)40-14-12-39(13-15-40)31-24-10-9-23(34)17-25(24)26(16-22-8-7-11-36-29(22)31)30(27-18-35-20-38(27)6)37-28(41)19-43-33(3,4)5/h7-11,16-18,20-21,30-31H,12-15,19H2,1-6H3,(H,37,41). The number of hydrogen-bond acceptors (Lipinski definition) is 7. The van der Waals surface area contributed by atoms with Crippen molar-refractivity contribution < 1.29 is 19.1 Å². The van der Waals surface area contributed by atoms with Gasteiger partial charge >= 0.3 is 6.09 Å². The lowest BCUT2D eigenvalue weighted by Gasteiger charge is -2.39. The van der Waals surface area contributed by atoms with E-state index in [1.165, 1.54) is 0 Å². The van der Waals surface area contributed by atoms with Gasteiger partial charge in [-0.3, -0.25) is 14.7 Å². The Bertz CT molecular complexity index is 1540. The van der Waals surface area contributed by atoms with Gasteiger partial charge in [0.2, 0.25) is 5.91 Å². The Labute approximate surface area is 264 Å². The molecule has 1 fully saturated rings. The molecule has 2 amide bonds. The predicted molar refractivity (Wildman–Crippen MR) is 170 cm³/mol. The molecule has 2 unspecified atom stereocenters. The van der Waals surface area contributed by atoms with Crippen LogP contribution in [0.25, 0.3) is 11.6 Å². The van der Waals surface area contributed by atoms with Gasteiger partial charge in [-0.15, -0.1) is 0 Å². The fourth-order valence-electron chi connectivity index (χ4n) is 5.68. The maximum Gasteiger partial charge on any atom is 0.410 e. The summed E-state index contributed by atoms with van der Waals surface area (Å²) in [5.74, 6) is -0.243. The quantitative estimate of drug-likeness (QED) is 0.385. The van der Waals surface area contributed by atoms with Gasteiger partial charge in [-0.2, -0.15) is 0 Å². The van der Waals surface area contributed by atoms with E-state index in [2.05, 4.69) is 21.3 Å². The average molecular weight is 621 g/mol. The maximum absolute atomic E-state index is 13.3. The van der Waals surface area contributed by atoms with Crippen molar-refractivity contribution in [3.8, 4) is 0 Å². The number of nitrogens with one attached hydrogen (secondary N) is 1. The number of halogens is 1. The van der Waals surface area contributed by atoms with Crippen molar-refractivity contribution in [2.24, 2.45) is 7.05 Å². The van der Waals surface area contributed by atoms with Crippen LogP contribution in [0, 0.1) is 0 Å². The third-order valence-electron chi connectivity index (χ3n) is 7.74. The molecule has 2 atom stereocenters. The van der Waals surface area contributed by atoms with Gasteiger partial charge in [-0.25, -0.2) is 9.78 Å². The van der Waals surface area contributed by atoms with Crippen LogP contribution in [0.15, 0.2) is 49.1 Å². The summed E-state index contributed by atoms with van der Waals surface area (Å²) in [7, 11) is 1.91. The Morgan fingerprint density at radius 3 is 2.55 bits per heavy atom. The fourth-order valence-corrected chi connectivity index (χ4v) is 5.85.